The van der Waals surface area contributed by atoms with Gasteiger partial charge < -0.3 is 10.2 Å². The first-order valence-electron chi connectivity index (χ1n) is 5.61. The van der Waals surface area contributed by atoms with Crippen molar-refractivity contribution in [2.45, 2.75) is 13.5 Å². The van der Waals surface area contributed by atoms with Crippen molar-refractivity contribution in [2.24, 2.45) is 5.84 Å². The maximum Gasteiger partial charge on any atom is 0.140 e. The average molecular weight is 282 g/mol. The predicted octanol–water partition coefficient (Wildman–Crippen LogP) is 3.05. The Morgan fingerprint density at radius 1 is 1.37 bits per heavy atom. The second kappa shape index (κ2) is 5.86. The standard InChI is InChI=1S/C13H13ClFN3O/c1-8-2-3-9(6-11(8)15)19-7-12-10(14)4-5-13(17-12)18-16/h2-6H,7,16H2,1H3,(H,17,18). The van der Waals surface area contributed by atoms with Crippen LogP contribution in [0.25, 0.3) is 0 Å². The molecule has 0 aliphatic rings. The zero-order valence-electron chi connectivity index (χ0n) is 10.3. The molecule has 0 saturated carbocycles. The Hall–Kier alpha value is -1.85. The van der Waals surface area contributed by atoms with E-state index in [0.29, 0.717) is 27.8 Å². The van der Waals surface area contributed by atoms with E-state index in [0.717, 1.165) is 0 Å². The van der Waals surface area contributed by atoms with Crippen molar-refractivity contribution in [1.29, 1.82) is 0 Å². The van der Waals surface area contributed by atoms with Crippen LogP contribution < -0.4 is 16.0 Å². The Morgan fingerprint density at radius 2 is 2.16 bits per heavy atom. The Labute approximate surface area is 115 Å². The van der Waals surface area contributed by atoms with Crippen LogP contribution in [-0.4, -0.2) is 4.98 Å². The number of hydrogen-bond donors (Lipinski definition) is 2. The quantitative estimate of drug-likeness (QED) is 0.668. The summed E-state index contributed by atoms with van der Waals surface area (Å²) in [7, 11) is 0. The topological polar surface area (TPSA) is 60.2 Å². The van der Waals surface area contributed by atoms with Gasteiger partial charge in [-0.05, 0) is 30.7 Å². The molecular formula is C13H13ClFN3O. The summed E-state index contributed by atoms with van der Waals surface area (Å²) in [5, 5.41) is 0.464. The first-order chi connectivity index (χ1) is 9.10. The monoisotopic (exact) mass is 281 g/mol. The second-order valence-electron chi connectivity index (χ2n) is 3.97. The van der Waals surface area contributed by atoms with Crippen LogP contribution in [0.1, 0.15) is 11.3 Å². The molecule has 3 N–H and O–H groups in total. The van der Waals surface area contributed by atoms with Gasteiger partial charge in [-0.3, -0.25) is 0 Å². The van der Waals surface area contributed by atoms with Gasteiger partial charge in [0.2, 0.25) is 0 Å². The van der Waals surface area contributed by atoms with Crippen molar-refractivity contribution in [3.05, 3.63) is 52.4 Å². The van der Waals surface area contributed by atoms with E-state index >= 15 is 0 Å². The maximum atomic E-state index is 13.4. The Kier molecular flexibility index (Phi) is 4.19. The number of hydrogen-bond acceptors (Lipinski definition) is 4. The molecular weight excluding hydrogens is 269 g/mol. The van der Waals surface area contributed by atoms with E-state index < -0.39 is 0 Å². The molecule has 0 spiro atoms. The fourth-order valence-electron chi connectivity index (χ4n) is 1.48. The van der Waals surface area contributed by atoms with Gasteiger partial charge in [0.1, 0.15) is 24.0 Å². The SMILES string of the molecule is Cc1ccc(OCc2nc(NN)ccc2Cl)cc1F. The summed E-state index contributed by atoms with van der Waals surface area (Å²) < 4.78 is 18.8. The number of halogens is 2. The first kappa shape index (κ1) is 13.6. The van der Waals surface area contributed by atoms with E-state index in [2.05, 4.69) is 10.4 Å². The molecule has 0 atom stereocenters. The van der Waals surface area contributed by atoms with Crippen LogP contribution >= 0.6 is 11.6 Å². The van der Waals surface area contributed by atoms with Crippen molar-refractivity contribution in [1.82, 2.24) is 4.98 Å². The van der Waals surface area contributed by atoms with E-state index in [1.165, 1.54) is 6.07 Å². The number of anilines is 1. The van der Waals surface area contributed by atoms with Crippen LogP contribution in [0.15, 0.2) is 30.3 Å². The minimum Gasteiger partial charge on any atom is -0.487 e. The van der Waals surface area contributed by atoms with Crippen LogP contribution in [0.4, 0.5) is 10.2 Å². The second-order valence-corrected chi connectivity index (χ2v) is 4.38. The van der Waals surface area contributed by atoms with Crippen LogP contribution in [0, 0.1) is 12.7 Å². The normalized spacial score (nSPS) is 10.3. The number of nitrogen functional groups attached to an aromatic ring is 1. The number of aromatic nitrogens is 1. The molecule has 2 aromatic rings. The van der Waals surface area contributed by atoms with Crippen molar-refractivity contribution in [3.63, 3.8) is 0 Å². The number of aryl methyl sites for hydroxylation is 1. The summed E-state index contributed by atoms with van der Waals surface area (Å²) in [6, 6.07) is 7.98. The number of rotatable bonds is 4. The molecule has 1 aromatic carbocycles. The van der Waals surface area contributed by atoms with Crippen molar-refractivity contribution in [2.75, 3.05) is 5.43 Å². The minimum absolute atomic E-state index is 0.136. The van der Waals surface area contributed by atoms with E-state index in [1.807, 2.05) is 0 Å². The number of ether oxygens (including phenoxy) is 1. The van der Waals surface area contributed by atoms with Gasteiger partial charge >= 0.3 is 0 Å². The number of hydrazine groups is 1. The Balaban J connectivity index is 2.11. The first-order valence-corrected chi connectivity index (χ1v) is 5.99. The van der Waals surface area contributed by atoms with Crippen LogP contribution in [-0.2, 0) is 6.61 Å². The average Bonchev–Trinajstić information content (AvgIpc) is 2.41. The van der Waals surface area contributed by atoms with Crippen molar-refractivity contribution < 1.29 is 9.13 Å². The minimum atomic E-state index is -0.311. The number of benzene rings is 1. The molecule has 1 heterocycles. The maximum absolute atomic E-state index is 13.4. The van der Waals surface area contributed by atoms with Gasteiger partial charge in [0.25, 0.3) is 0 Å². The number of pyridine rings is 1. The lowest BCUT2D eigenvalue weighted by Crippen LogP contribution is -2.10. The van der Waals surface area contributed by atoms with Gasteiger partial charge in [-0.15, -0.1) is 0 Å². The van der Waals surface area contributed by atoms with Crippen LogP contribution in [0.2, 0.25) is 5.02 Å². The van der Waals surface area contributed by atoms with Gasteiger partial charge in [0.05, 0.1) is 10.7 Å². The summed E-state index contributed by atoms with van der Waals surface area (Å²) in [6.45, 7) is 1.82. The smallest absolute Gasteiger partial charge is 0.140 e. The van der Waals surface area contributed by atoms with Gasteiger partial charge in [-0.1, -0.05) is 17.7 Å². The summed E-state index contributed by atoms with van der Waals surface area (Å²) in [5.74, 6) is 5.86. The summed E-state index contributed by atoms with van der Waals surface area (Å²) in [5.41, 5.74) is 3.52. The third-order valence-corrected chi connectivity index (χ3v) is 2.93. The Bertz CT molecular complexity index is 592. The fourth-order valence-corrected chi connectivity index (χ4v) is 1.64. The molecule has 0 aliphatic carbocycles. The molecule has 0 fully saturated rings. The van der Waals surface area contributed by atoms with Gasteiger partial charge in [-0.25, -0.2) is 15.2 Å². The van der Waals surface area contributed by atoms with Crippen molar-refractivity contribution in [3.8, 4) is 5.75 Å². The molecule has 19 heavy (non-hydrogen) atoms. The molecule has 4 nitrogen and oxygen atoms in total. The highest BCUT2D eigenvalue weighted by Gasteiger charge is 2.06. The highest BCUT2D eigenvalue weighted by Crippen LogP contribution is 2.20. The van der Waals surface area contributed by atoms with Crippen LogP contribution in [0.3, 0.4) is 0 Å². The van der Waals surface area contributed by atoms with E-state index in [4.69, 9.17) is 22.2 Å². The molecule has 6 heteroatoms. The zero-order valence-corrected chi connectivity index (χ0v) is 11.0. The molecule has 0 saturated heterocycles. The molecule has 0 radical (unpaired) electrons. The van der Waals surface area contributed by atoms with E-state index in [9.17, 15) is 4.39 Å². The molecule has 0 bridgehead atoms. The van der Waals surface area contributed by atoms with Gasteiger partial charge in [0.15, 0.2) is 0 Å². The summed E-state index contributed by atoms with van der Waals surface area (Å²) in [4.78, 5) is 4.16. The van der Waals surface area contributed by atoms with Crippen LogP contribution in [0.5, 0.6) is 5.75 Å². The molecule has 1 aromatic heterocycles. The van der Waals surface area contributed by atoms with Gasteiger partial charge in [0, 0.05) is 6.07 Å². The molecule has 0 aliphatic heterocycles. The largest absolute Gasteiger partial charge is 0.487 e. The molecule has 0 unspecified atom stereocenters. The number of nitrogens with zero attached hydrogens (tertiary/aromatic N) is 1. The van der Waals surface area contributed by atoms with Crippen molar-refractivity contribution >= 4 is 17.4 Å². The lowest BCUT2D eigenvalue weighted by molar-refractivity contribution is 0.300. The lowest BCUT2D eigenvalue weighted by atomic mass is 10.2. The fraction of sp³-hybridized carbons (Fsp3) is 0.154. The van der Waals surface area contributed by atoms with E-state index in [-0.39, 0.29) is 12.4 Å². The molecule has 0 amide bonds. The lowest BCUT2D eigenvalue weighted by Gasteiger charge is -2.09. The highest BCUT2D eigenvalue weighted by atomic mass is 35.5. The summed E-state index contributed by atoms with van der Waals surface area (Å²) >= 11 is 5.99. The Morgan fingerprint density at radius 3 is 2.84 bits per heavy atom. The number of nitrogens with one attached hydrogen (secondary N) is 1. The predicted molar refractivity (Wildman–Crippen MR) is 72.5 cm³/mol. The third-order valence-electron chi connectivity index (χ3n) is 2.59. The number of nitrogens with two attached hydrogens (primary N) is 1. The molecule has 2 rings (SSSR count). The van der Waals surface area contributed by atoms with Gasteiger partial charge in [-0.2, -0.15) is 0 Å². The highest BCUT2D eigenvalue weighted by molar-refractivity contribution is 6.31. The summed E-state index contributed by atoms with van der Waals surface area (Å²) in [6.07, 6.45) is 0. The molecule has 100 valence electrons. The van der Waals surface area contributed by atoms with E-state index in [1.54, 1.807) is 31.2 Å². The zero-order chi connectivity index (χ0) is 13.8. The third kappa shape index (κ3) is 3.33.